The van der Waals surface area contributed by atoms with Crippen LogP contribution in [-0.2, 0) is 6.42 Å². The van der Waals surface area contributed by atoms with E-state index in [0.29, 0.717) is 33.4 Å². The smallest absolute Gasteiger partial charge is 0.261 e. The molecule has 0 atom stereocenters. The number of hydrogen-bond acceptors (Lipinski definition) is 6. The Morgan fingerprint density at radius 3 is 2.73 bits per heavy atom. The maximum absolute atomic E-state index is 13.3. The lowest BCUT2D eigenvalue weighted by atomic mass is 10.0. The number of aromatic nitrogens is 3. The van der Waals surface area contributed by atoms with E-state index in [9.17, 15) is 9.59 Å². The molecule has 0 aliphatic heterocycles. The van der Waals surface area contributed by atoms with E-state index in [1.54, 1.807) is 18.0 Å². The van der Waals surface area contributed by atoms with Crippen LogP contribution in [0.5, 0.6) is 5.75 Å². The summed E-state index contributed by atoms with van der Waals surface area (Å²) >= 11 is 1.24. The average Bonchev–Trinajstić information content (AvgIpc) is 3.45. The lowest BCUT2D eigenvalue weighted by Gasteiger charge is -2.05. The van der Waals surface area contributed by atoms with Crippen LogP contribution in [0.15, 0.2) is 54.7 Å². The minimum absolute atomic E-state index is 0.0958. The second-order valence-corrected chi connectivity index (χ2v) is 8.93. The second-order valence-electron chi connectivity index (χ2n) is 7.93. The number of anilines is 1. The molecule has 2 aromatic carbocycles. The molecule has 1 aliphatic carbocycles. The lowest BCUT2D eigenvalue weighted by Crippen LogP contribution is -2.12. The Balaban J connectivity index is 1.54. The molecule has 1 amide bonds. The van der Waals surface area contributed by atoms with E-state index in [0.717, 1.165) is 35.3 Å². The predicted octanol–water partition coefficient (Wildman–Crippen LogP) is 5.08. The van der Waals surface area contributed by atoms with Crippen LogP contribution < -0.4 is 10.1 Å². The van der Waals surface area contributed by atoms with Crippen LogP contribution in [0.3, 0.4) is 0 Å². The largest absolute Gasteiger partial charge is 0.497 e. The van der Waals surface area contributed by atoms with Crippen molar-refractivity contribution in [3.05, 3.63) is 76.4 Å². The van der Waals surface area contributed by atoms with Crippen molar-refractivity contribution in [2.24, 2.45) is 0 Å². The van der Waals surface area contributed by atoms with Gasteiger partial charge >= 0.3 is 0 Å². The molecular weight excluding hydrogens is 436 g/mol. The third-order valence-corrected chi connectivity index (χ3v) is 6.64. The van der Waals surface area contributed by atoms with Crippen molar-refractivity contribution in [2.75, 3.05) is 12.4 Å². The topological polar surface area (TPSA) is 86.1 Å². The van der Waals surface area contributed by atoms with Crippen molar-refractivity contribution in [2.45, 2.75) is 26.2 Å². The summed E-state index contributed by atoms with van der Waals surface area (Å²) in [4.78, 5) is 30.7. The minimum atomic E-state index is -0.329. The fourth-order valence-electron chi connectivity index (χ4n) is 3.84. The third kappa shape index (κ3) is 4.17. The van der Waals surface area contributed by atoms with E-state index < -0.39 is 0 Å². The van der Waals surface area contributed by atoms with Crippen molar-refractivity contribution >= 4 is 28.2 Å². The maximum Gasteiger partial charge on any atom is 0.261 e. The summed E-state index contributed by atoms with van der Waals surface area (Å²) in [6.07, 6.45) is 3.81. The molecular formula is C25H22N4O3S. The van der Waals surface area contributed by atoms with Gasteiger partial charge in [0, 0.05) is 18.2 Å². The number of Topliss-reactive ketones (excluding diaryl/α,β-unsaturated/α-hetero) is 1. The highest BCUT2D eigenvalue weighted by atomic mass is 32.1. The number of fused-ring (bicyclic) bond motifs is 1. The molecule has 0 fully saturated rings. The van der Waals surface area contributed by atoms with Crippen LogP contribution in [0, 0.1) is 6.92 Å². The van der Waals surface area contributed by atoms with E-state index in [-0.39, 0.29) is 11.7 Å². The number of carbonyl (C=O) groups is 2. The molecule has 166 valence electrons. The van der Waals surface area contributed by atoms with Crippen LogP contribution >= 0.6 is 11.3 Å². The number of nitrogens with one attached hydrogen (secondary N) is 1. The number of rotatable bonds is 5. The number of thiazole rings is 1. The van der Waals surface area contributed by atoms with Gasteiger partial charge in [-0.15, -0.1) is 0 Å². The van der Waals surface area contributed by atoms with Crippen molar-refractivity contribution in [1.82, 2.24) is 14.8 Å². The average molecular weight is 459 g/mol. The molecule has 0 unspecified atom stereocenters. The Morgan fingerprint density at radius 2 is 1.97 bits per heavy atom. The molecule has 0 saturated carbocycles. The molecule has 5 rings (SSSR count). The number of nitrogens with zero attached hydrogens (tertiary/aromatic N) is 3. The monoisotopic (exact) mass is 458 g/mol. The molecule has 4 aromatic rings. The van der Waals surface area contributed by atoms with Gasteiger partial charge in [-0.25, -0.2) is 9.67 Å². The predicted molar refractivity (Wildman–Crippen MR) is 128 cm³/mol. The van der Waals surface area contributed by atoms with Crippen molar-refractivity contribution < 1.29 is 14.3 Å². The zero-order valence-electron chi connectivity index (χ0n) is 18.3. The number of ether oxygens (including phenoxy) is 1. The maximum atomic E-state index is 13.3. The summed E-state index contributed by atoms with van der Waals surface area (Å²) in [6, 6.07) is 15.4. The zero-order valence-corrected chi connectivity index (χ0v) is 19.1. The molecule has 2 heterocycles. The van der Waals surface area contributed by atoms with Gasteiger partial charge in [-0.2, -0.15) is 5.10 Å². The first-order valence-electron chi connectivity index (χ1n) is 10.7. The van der Waals surface area contributed by atoms with Crippen LogP contribution in [0.25, 0.3) is 16.9 Å². The van der Waals surface area contributed by atoms with Crippen LogP contribution in [0.4, 0.5) is 5.13 Å². The lowest BCUT2D eigenvalue weighted by molar-refractivity contribution is 0.0975. The van der Waals surface area contributed by atoms with E-state index in [1.165, 1.54) is 11.3 Å². The highest BCUT2D eigenvalue weighted by Gasteiger charge is 2.25. The molecule has 8 heteroatoms. The van der Waals surface area contributed by atoms with Crippen LogP contribution in [0.2, 0.25) is 0 Å². The molecule has 2 aromatic heterocycles. The van der Waals surface area contributed by atoms with Gasteiger partial charge in [-0.1, -0.05) is 41.2 Å². The Morgan fingerprint density at radius 1 is 1.15 bits per heavy atom. The summed E-state index contributed by atoms with van der Waals surface area (Å²) in [6.45, 7) is 2.02. The minimum Gasteiger partial charge on any atom is -0.497 e. The Labute approximate surface area is 195 Å². The molecule has 7 nitrogen and oxygen atoms in total. The summed E-state index contributed by atoms with van der Waals surface area (Å²) < 4.78 is 7.05. The summed E-state index contributed by atoms with van der Waals surface area (Å²) in [7, 11) is 1.60. The van der Waals surface area contributed by atoms with Gasteiger partial charge in [0.2, 0.25) is 0 Å². The van der Waals surface area contributed by atoms with Gasteiger partial charge < -0.3 is 4.74 Å². The summed E-state index contributed by atoms with van der Waals surface area (Å²) in [5, 5.41) is 8.04. The SMILES string of the molecule is COc1cccc(-c2nn(-c3ccc(C)cc3)cc2C(=O)Nc2nc3c(s2)C(=O)CCC3)c1. The first-order valence-corrected chi connectivity index (χ1v) is 11.5. The van der Waals surface area contributed by atoms with Gasteiger partial charge in [-0.05, 0) is 44.0 Å². The molecule has 0 saturated heterocycles. The Hall–Kier alpha value is -3.78. The third-order valence-electron chi connectivity index (χ3n) is 5.59. The quantitative estimate of drug-likeness (QED) is 0.451. The molecule has 1 aliphatic rings. The van der Waals surface area contributed by atoms with Gasteiger partial charge in [0.25, 0.3) is 5.91 Å². The molecule has 0 spiro atoms. The highest BCUT2D eigenvalue weighted by Crippen LogP contribution is 2.31. The van der Waals surface area contributed by atoms with Gasteiger partial charge in [0.05, 0.1) is 28.9 Å². The second kappa shape index (κ2) is 8.63. The molecule has 0 bridgehead atoms. The number of ketones is 1. The van der Waals surface area contributed by atoms with E-state index in [4.69, 9.17) is 9.84 Å². The van der Waals surface area contributed by atoms with E-state index in [2.05, 4.69) is 10.3 Å². The number of amides is 1. The van der Waals surface area contributed by atoms with Gasteiger partial charge in [0.15, 0.2) is 10.9 Å². The van der Waals surface area contributed by atoms with Crippen molar-refractivity contribution in [3.8, 4) is 22.7 Å². The number of aryl methyl sites for hydroxylation is 2. The van der Waals surface area contributed by atoms with Crippen LogP contribution in [-0.4, -0.2) is 33.6 Å². The Bertz CT molecular complexity index is 1350. The molecule has 1 N–H and O–H groups in total. The normalized spacial score (nSPS) is 13.0. The van der Waals surface area contributed by atoms with E-state index in [1.807, 2.05) is 55.5 Å². The molecule has 0 radical (unpaired) electrons. The van der Waals surface area contributed by atoms with Gasteiger partial charge in [-0.3, -0.25) is 14.9 Å². The fraction of sp³-hybridized carbons (Fsp3) is 0.200. The Kier molecular flexibility index (Phi) is 5.51. The zero-order chi connectivity index (χ0) is 22.9. The number of hydrogen-bond donors (Lipinski definition) is 1. The van der Waals surface area contributed by atoms with Crippen molar-refractivity contribution in [3.63, 3.8) is 0 Å². The fourth-order valence-corrected chi connectivity index (χ4v) is 4.81. The van der Waals surface area contributed by atoms with Crippen molar-refractivity contribution in [1.29, 1.82) is 0 Å². The van der Waals surface area contributed by atoms with Crippen LogP contribution in [0.1, 0.15) is 44.1 Å². The number of benzene rings is 2. The number of carbonyl (C=O) groups excluding carboxylic acids is 2. The van der Waals surface area contributed by atoms with Gasteiger partial charge in [0.1, 0.15) is 11.4 Å². The summed E-state index contributed by atoms with van der Waals surface area (Å²) in [5.41, 5.74) is 4.46. The van der Waals surface area contributed by atoms with E-state index >= 15 is 0 Å². The summed E-state index contributed by atoms with van der Waals surface area (Å²) in [5.74, 6) is 0.443. The highest BCUT2D eigenvalue weighted by molar-refractivity contribution is 7.17. The first kappa shape index (κ1) is 21.1. The standard InChI is InChI=1S/C25H22N4O3S/c1-15-9-11-17(12-10-15)29-14-19(22(28-29)16-5-3-6-18(13-16)32-2)24(31)27-25-26-20-7-4-8-21(30)23(20)33-25/h3,5-6,9-14H,4,7-8H2,1-2H3,(H,26,27,31). The number of methoxy groups -OCH3 is 1. The molecule has 33 heavy (non-hydrogen) atoms. The first-order chi connectivity index (χ1) is 16.0.